The Hall–Kier alpha value is -4.00. The van der Waals surface area contributed by atoms with Gasteiger partial charge in [0.15, 0.2) is 0 Å². The average molecular weight is 406 g/mol. The molecular formula is C23H16F2N2O3. The second-order valence-electron chi connectivity index (χ2n) is 6.48. The number of methoxy groups -OCH3 is 1. The Balaban J connectivity index is 1.88. The number of hydrogen-bond acceptors (Lipinski definition) is 4. The Morgan fingerprint density at radius 2 is 1.50 bits per heavy atom. The zero-order chi connectivity index (χ0) is 21.3. The predicted octanol–water partition coefficient (Wildman–Crippen LogP) is 4.37. The van der Waals surface area contributed by atoms with Crippen molar-refractivity contribution in [2.45, 2.75) is 0 Å². The van der Waals surface area contributed by atoms with Crippen LogP contribution in [0.2, 0.25) is 0 Å². The van der Waals surface area contributed by atoms with E-state index < -0.39 is 23.4 Å². The Labute approximate surface area is 171 Å². The van der Waals surface area contributed by atoms with Gasteiger partial charge in [0, 0.05) is 11.3 Å². The lowest BCUT2D eigenvalue weighted by Crippen LogP contribution is -2.33. The molecule has 0 aliphatic carbocycles. The van der Waals surface area contributed by atoms with Gasteiger partial charge in [-0.1, -0.05) is 30.3 Å². The third kappa shape index (κ3) is 3.30. The first kappa shape index (κ1) is 19.3. The van der Waals surface area contributed by atoms with Gasteiger partial charge < -0.3 is 10.1 Å². The second-order valence-corrected chi connectivity index (χ2v) is 6.48. The predicted molar refractivity (Wildman–Crippen MR) is 109 cm³/mol. The summed E-state index contributed by atoms with van der Waals surface area (Å²) in [7, 11) is 1.45. The minimum Gasteiger partial charge on any atom is -0.496 e. The third-order valence-corrected chi connectivity index (χ3v) is 4.67. The largest absolute Gasteiger partial charge is 0.496 e. The van der Waals surface area contributed by atoms with Crippen molar-refractivity contribution in [1.29, 1.82) is 0 Å². The van der Waals surface area contributed by atoms with Crippen molar-refractivity contribution >= 4 is 28.8 Å². The summed E-state index contributed by atoms with van der Waals surface area (Å²) < 4.78 is 33.0. The van der Waals surface area contributed by atoms with Gasteiger partial charge in [0.25, 0.3) is 11.8 Å². The number of hydrogen-bond donors (Lipinski definition) is 1. The first-order chi connectivity index (χ1) is 14.5. The molecule has 0 saturated carbocycles. The molecule has 4 rings (SSSR count). The molecule has 0 fully saturated rings. The van der Waals surface area contributed by atoms with E-state index in [-0.39, 0.29) is 17.0 Å². The highest BCUT2D eigenvalue weighted by atomic mass is 19.1. The Bertz CT molecular complexity index is 1170. The molecule has 3 aromatic rings. The van der Waals surface area contributed by atoms with E-state index in [9.17, 15) is 18.4 Å². The van der Waals surface area contributed by atoms with Gasteiger partial charge in [-0.3, -0.25) is 9.59 Å². The second kappa shape index (κ2) is 7.79. The molecule has 0 spiro atoms. The van der Waals surface area contributed by atoms with Gasteiger partial charge in [-0.05, 0) is 42.5 Å². The number of para-hydroxylation sites is 2. The maximum atomic E-state index is 14.4. The molecule has 3 aromatic carbocycles. The molecule has 0 unspecified atom stereocenters. The minimum absolute atomic E-state index is 0.0324. The van der Waals surface area contributed by atoms with Crippen LogP contribution in [0.1, 0.15) is 5.56 Å². The van der Waals surface area contributed by atoms with Crippen LogP contribution in [0.5, 0.6) is 5.75 Å². The van der Waals surface area contributed by atoms with Crippen LogP contribution in [-0.4, -0.2) is 18.9 Å². The zero-order valence-corrected chi connectivity index (χ0v) is 15.9. The van der Waals surface area contributed by atoms with Crippen LogP contribution in [0.15, 0.2) is 78.5 Å². The molecule has 0 aromatic heterocycles. The summed E-state index contributed by atoms with van der Waals surface area (Å²) in [6.07, 6.45) is 0. The summed E-state index contributed by atoms with van der Waals surface area (Å²) in [6.45, 7) is 0. The summed E-state index contributed by atoms with van der Waals surface area (Å²) in [5.74, 6) is -2.19. The molecule has 0 saturated heterocycles. The van der Waals surface area contributed by atoms with Gasteiger partial charge in [-0.2, -0.15) is 0 Å². The van der Waals surface area contributed by atoms with E-state index >= 15 is 0 Å². The van der Waals surface area contributed by atoms with E-state index in [1.54, 1.807) is 24.3 Å². The monoisotopic (exact) mass is 406 g/mol. The Morgan fingerprint density at radius 1 is 0.833 bits per heavy atom. The maximum Gasteiger partial charge on any atom is 0.282 e. The van der Waals surface area contributed by atoms with Crippen molar-refractivity contribution in [3.05, 3.63) is 95.7 Å². The highest BCUT2D eigenvalue weighted by Crippen LogP contribution is 2.37. The number of imide groups is 1. The highest BCUT2D eigenvalue weighted by molar-refractivity contribution is 6.46. The van der Waals surface area contributed by atoms with Crippen molar-refractivity contribution in [3.8, 4) is 5.75 Å². The number of carbonyl (C=O) groups is 2. The fourth-order valence-corrected chi connectivity index (χ4v) is 3.28. The summed E-state index contributed by atoms with van der Waals surface area (Å²) in [4.78, 5) is 27.3. The van der Waals surface area contributed by atoms with Crippen LogP contribution >= 0.6 is 0 Å². The number of nitrogens with zero attached hydrogens (tertiary/aromatic N) is 1. The first-order valence-corrected chi connectivity index (χ1v) is 9.05. The summed E-state index contributed by atoms with van der Waals surface area (Å²) in [6, 6.07) is 17.6. The molecule has 1 heterocycles. The number of benzene rings is 3. The van der Waals surface area contributed by atoms with Crippen molar-refractivity contribution in [3.63, 3.8) is 0 Å². The number of ether oxygens (including phenoxy) is 1. The van der Waals surface area contributed by atoms with Gasteiger partial charge in [0.1, 0.15) is 23.1 Å². The van der Waals surface area contributed by atoms with Crippen LogP contribution in [0.3, 0.4) is 0 Å². The number of rotatable bonds is 5. The quantitative estimate of drug-likeness (QED) is 0.640. The molecule has 30 heavy (non-hydrogen) atoms. The molecule has 0 radical (unpaired) electrons. The molecule has 7 heteroatoms. The number of carbonyl (C=O) groups excluding carboxylic acids is 2. The number of halogens is 2. The standard InChI is InChI=1S/C23H16F2N2O3/c1-30-19-9-5-2-6-16(19)20-21(26-15-12-10-14(24)11-13-15)23(29)27(22(20)28)18-8-4-3-7-17(18)25/h2-13,26H,1H3. The number of nitrogens with one attached hydrogen (secondary N) is 1. The molecule has 2 amide bonds. The van der Waals surface area contributed by atoms with E-state index in [0.717, 1.165) is 4.90 Å². The highest BCUT2D eigenvalue weighted by Gasteiger charge is 2.42. The normalized spacial score (nSPS) is 13.8. The van der Waals surface area contributed by atoms with Gasteiger partial charge >= 0.3 is 0 Å². The fourth-order valence-electron chi connectivity index (χ4n) is 3.28. The van der Waals surface area contributed by atoms with Crippen LogP contribution in [0.25, 0.3) is 5.57 Å². The molecule has 1 aliphatic heterocycles. The average Bonchev–Trinajstić information content (AvgIpc) is 2.99. The lowest BCUT2D eigenvalue weighted by atomic mass is 10.0. The van der Waals surface area contributed by atoms with E-state index in [1.165, 1.54) is 55.6 Å². The van der Waals surface area contributed by atoms with Gasteiger partial charge in [-0.15, -0.1) is 0 Å². The molecule has 0 bridgehead atoms. The molecule has 1 aliphatic rings. The van der Waals surface area contributed by atoms with Gasteiger partial charge in [-0.25, -0.2) is 13.7 Å². The molecule has 5 nitrogen and oxygen atoms in total. The topological polar surface area (TPSA) is 58.6 Å². The summed E-state index contributed by atoms with van der Waals surface area (Å²) >= 11 is 0. The van der Waals surface area contributed by atoms with Crippen molar-refractivity contribution in [1.82, 2.24) is 0 Å². The maximum absolute atomic E-state index is 14.4. The van der Waals surface area contributed by atoms with Crippen LogP contribution in [-0.2, 0) is 9.59 Å². The van der Waals surface area contributed by atoms with Crippen LogP contribution < -0.4 is 15.0 Å². The Morgan fingerprint density at radius 3 is 2.20 bits per heavy atom. The molecule has 1 N–H and O–H groups in total. The van der Waals surface area contributed by atoms with Crippen molar-refractivity contribution < 1.29 is 23.1 Å². The van der Waals surface area contributed by atoms with Crippen LogP contribution in [0.4, 0.5) is 20.2 Å². The molecule has 150 valence electrons. The van der Waals surface area contributed by atoms with Crippen molar-refractivity contribution in [2.24, 2.45) is 0 Å². The minimum atomic E-state index is -0.727. The van der Waals surface area contributed by atoms with E-state index in [2.05, 4.69) is 5.32 Å². The zero-order valence-electron chi connectivity index (χ0n) is 15.9. The third-order valence-electron chi connectivity index (χ3n) is 4.67. The fraction of sp³-hybridized carbons (Fsp3) is 0.0435. The summed E-state index contributed by atoms with van der Waals surface area (Å²) in [5, 5.41) is 2.89. The van der Waals surface area contributed by atoms with Crippen molar-refractivity contribution in [2.75, 3.05) is 17.3 Å². The smallest absolute Gasteiger partial charge is 0.282 e. The van der Waals surface area contributed by atoms with E-state index in [4.69, 9.17) is 4.74 Å². The lowest BCUT2D eigenvalue weighted by molar-refractivity contribution is -0.120. The van der Waals surface area contributed by atoms with Gasteiger partial charge in [0.2, 0.25) is 0 Å². The van der Waals surface area contributed by atoms with E-state index in [1.807, 2.05) is 0 Å². The van der Waals surface area contributed by atoms with Gasteiger partial charge in [0.05, 0.1) is 18.4 Å². The number of anilines is 2. The molecular weight excluding hydrogens is 390 g/mol. The lowest BCUT2D eigenvalue weighted by Gasteiger charge is -2.16. The van der Waals surface area contributed by atoms with E-state index in [0.29, 0.717) is 17.0 Å². The Kier molecular flexibility index (Phi) is 5.02. The molecule has 0 atom stereocenters. The summed E-state index contributed by atoms with van der Waals surface area (Å²) in [5.41, 5.74) is 0.595. The number of amides is 2. The first-order valence-electron chi connectivity index (χ1n) is 9.05. The SMILES string of the molecule is COc1ccccc1C1=C(Nc2ccc(F)cc2)C(=O)N(c2ccccc2F)C1=O. The van der Waals surface area contributed by atoms with Crippen LogP contribution in [0, 0.1) is 11.6 Å².